The Morgan fingerprint density at radius 1 is 0.879 bits per heavy atom. The van der Waals surface area contributed by atoms with Crippen LogP contribution in [0.1, 0.15) is 11.1 Å². The summed E-state index contributed by atoms with van der Waals surface area (Å²) in [6, 6.07) is 25.3. The maximum atomic E-state index is 9.95. The monoisotopic (exact) mass is 437 g/mol. The summed E-state index contributed by atoms with van der Waals surface area (Å²) in [6.07, 6.45) is 3.76. The number of hydrogen-bond acceptors (Lipinski definition) is 5. The summed E-state index contributed by atoms with van der Waals surface area (Å²) < 4.78 is 17.8. The van der Waals surface area contributed by atoms with Gasteiger partial charge in [-0.3, -0.25) is 0 Å². The van der Waals surface area contributed by atoms with Crippen LogP contribution in [0.15, 0.2) is 79.0 Å². The predicted octanol–water partition coefficient (Wildman–Crippen LogP) is 5.63. The Balaban J connectivity index is 1.84. The molecule has 0 aliphatic heterocycles. The predicted molar refractivity (Wildman–Crippen MR) is 129 cm³/mol. The molecular weight excluding hydrogens is 414 g/mol. The number of rotatable bonds is 7. The molecule has 164 valence electrons. The number of hydrogen-bond donors (Lipinski definition) is 0. The van der Waals surface area contributed by atoms with Crippen LogP contribution >= 0.6 is 0 Å². The minimum absolute atomic E-state index is 0.485. The molecule has 6 heteroatoms. The lowest BCUT2D eigenvalue weighted by molar-refractivity contribution is 0.355. The van der Waals surface area contributed by atoms with Crippen molar-refractivity contribution in [2.75, 3.05) is 21.3 Å². The van der Waals surface area contributed by atoms with Crippen LogP contribution in [0.4, 0.5) is 0 Å². The first-order valence-electron chi connectivity index (χ1n) is 10.3. The molecule has 4 aromatic rings. The number of allylic oxidation sites excluding steroid dienone is 1. The van der Waals surface area contributed by atoms with Gasteiger partial charge in [-0.25, -0.2) is 4.68 Å². The summed E-state index contributed by atoms with van der Waals surface area (Å²) in [5.74, 6) is 1.93. The van der Waals surface area contributed by atoms with Crippen molar-refractivity contribution in [3.8, 4) is 40.3 Å². The van der Waals surface area contributed by atoms with E-state index in [0.717, 1.165) is 33.8 Å². The van der Waals surface area contributed by atoms with Crippen molar-refractivity contribution in [1.82, 2.24) is 9.78 Å². The quantitative estimate of drug-likeness (QED) is 0.351. The molecule has 0 aliphatic rings. The fraction of sp³-hybridized carbons (Fsp3) is 0.111. The SMILES string of the molecule is COc1ccc(-c2nn(-c3ccccc3)cc2C=C(C#N)c2ccc(OC)c(OC)c2)cc1. The Bertz CT molecular complexity index is 1320. The molecule has 33 heavy (non-hydrogen) atoms. The number of ether oxygens (including phenoxy) is 3. The second-order valence-corrected chi connectivity index (χ2v) is 7.18. The summed E-state index contributed by atoms with van der Waals surface area (Å²) in [7, 11) is 4.79. The average molecular weight is 437 g/mol. The van der Waals surface area contributed by atoms with E-state index in [1.165, 1.54) is 0 Å². The molecule has 1 aromatic heterocycles. The molecule has 0 spiro atoms. The first kappa shape index (κ1) is 21.7. The fourth-order valence-electron chi connectivity index (χ4n) is 3.52. The van der Waals surface area contributed by atoms with Gasteiger partial charge in [-0.1, -0.05) is 18.2 Å². The van der Waals surface area contributed by atoms with Crippen LogP contribution in [-0.2, 0) is 0 Å². The molecule has 4 rings (SSSR count). The van der Waals surface area contributed by atoms with Crippen molar-refractivity contribution in [1.29, 1.82) is 5.26 Å². The molecular formula is C27H23N3O3. The molecule has 0 N–H and O–H groups in total. The van der Waals surface area contributed by atoms with E-state index in [2.05, 4.69) is 6.07 Å². The van der Waals surface area contributed by atoms with E-state index in [1.54, 1.807) is 33.5 Å². The maximum Gasteiger partial charge on any atom is 0.161 e. The number of para-hydroxylation sites is 1. The lowest BCUT2D eigenvalue weighted by Gasteiger charge is -2.09. The van der Waals surface area contributed by atoms with Crippen LogP contribution in [0, 0.1) is 11.3 Å². The summed E-state index contributed by atoms with van der Waals surface area (Å²) in [4.78, 5) is 0. The highest BCUT2D eigenvalue weighted by Crippen LogP contribution is 2.33. The highest BCUT2D eigenvalue weighted by molar-refractivity contribution is 5.92. The van der Waals surface area contributed by atoms with Gasteiger partial charge in [0.05, 0.1) is 44.4 Å². The topological polar surface area (TPSA) is 69.3 Å². The zero-order valence-corrected chi connectivity index (χ0v) is 18.6. The van der Waals surface area contributed by atoms with Crippen molar-refractivity contribution in [3.05, 3.63) is 90.1 Å². The lowest BCUT2D eigenvalue weighted by atomic mass is 10.0. The molecule has 1 heterocycles. The third-order valence-corrected chi connectivity index (χ3v) is 5.24. The second kappa shape index (κ2) is 9.75. The minimum atomic E-state index is 0.485. The van der Waals surface area contributed by atoms with Crippen molar-refractivity contribution < 1.29 is 14.2 Å². The Kier molecular flexibility index (Phi) is 6.42. The van der Waals surface area contributed by atoms with Crippen molar-refractivity contribution >= 4 is 11.6 Å². The number of nitrogens with zero attached hydrogens (tertiary/aromatic N) is 3. The second-order valence-electron chi connectivity index (χ2n) is 7.18. The number of methoxy groups -OCH3 is 3. The van der Waals surface area contributed by atoms with Crippen LogP contribution in [-0.4, -0.2) is 31.1 Å². The molecule has 0 aliphatic carbocycles. The van der Waals surface area contributed by atoms with Crippen LogP contribution < -0.4 is 14.2 Å². The summed E-state index contributed by atoms with van der Waals surface area (Å²) in [5.41, 5.74) is 4.63. The maximum absolute atomic E-state index is 9.95. The number of benzene rings is 3. The third kappa shape index (κ3) is 4.58. The first-order chi connectivity index (χ1) is 16.2. The van der Waals surface area contributed by atoms with E-state index >= 15 is 0 Å². The molecule has 0 saturated heterocycles. The normalized spacial score (nSPS) is 11.0. The Morgan fingerprint density at radius 3 is 2.24 bits per heavy atom. The lowest BCUT2D eigenvalue weighted by Crippen LogP contribution is -1.94. The summed E-state index contributed by atoms with van der Waals surface area (Å²) >= 11 is 0. The van der Waals surface area contributed by atoms with Crippen LogP contribution in [0.25, 0.3) is 28.6 Å². The zero-order valence-electron chi connectivity index (χ0n) is 18.6. The fourth-order valence-corrected chi connectivity index (χ4v) is 3.52. The first-order valence-corrected chi connectivity index (χ1v) is 10.3. The zero-order chi connectivity index (χ0) is 23.2. The van der Waals surface area contributed by atoms with Gasteiger partial charge in [-0.05, 0) is 66.2 Å². The highest BCUT2D eigenvalue weighted by atomic mass is 16.5. The highest BCUT2D eigenvalue weighted by Gasteiger charge is 2.14. The average Bonchev–Trinajstić information content (AvgIpc) is 3.31. The van der Waals surface area contributed by atoms with E-state index in [0.29, 0.717) is 17.1 Å². The van der Waals surface area contributed by atoms with Crippen LogP contribution in [0.3, 0.4) is 0 Å². The van der Waals surface area contributed by atoms with Gasteiger partial charge in [-0.2, -0.15) is 10.4 Å². The van der Waals surface area contributed by atoms with Gasteiger partial charge in [-0.15, -0.1) is 0 Å². The van der Waals surface area contributed by atoms with E-state index < -0.39 is 0 Å². The standard InChI is InChI=1S/C27H23N3O3/c1-31-24-12-9-19(10-13-24)27-22(18-30(29-27)23-7-5-4-6-8-23)15-21(17-28)20-11-14-25(32-2)26(16-20)33-3/h4-16,18H,1-3H3. The summed E-state index contributed by atoms with van der Waals surface area (Å²) in [5, 5.41) is 14.8. The Morgan fingerprint density at radius 2 is 1.61 bits per heavy atom. The number of aromatic nitrogens is 2. The largest absolute Gasteiger partial charge is 0.497 e. The molecule has 0 fully saturated rings. The smallest absolute Gasteiger partial charge is 0.161 e. The van der Waals surface area contributed by atoms with Crippen LogP contribution in [0.5, 0.6) is 17.2 Å². The van der Waals surface area contributed by atoms with Crippen LogP contribution in [0.2, 0.25) is 0 Å². The molecule has 0 radical (unpaired) electrons. The van der Waals surface area contributed by atoms with Gasteiger partial charge in [0.15, 0.2) is 11.5 Å². The van der Waals surface area contributed by atoms with Gasteiger partial charge in [0.1, 0.15) is 5.75 Å². The molecule has 0 saturated carbocycles. The van der Waals surface area contributed by atoms with E-state index in [4.69, 9.17) is 19.3 Å². The van der Waals surface area contributed by atoms with Gasteiger partial charge in [0.2, 0.25) is 0 Å². The Labute approximate surface area is 192 Å². The van der Waals surface area contributed by atoms with Gasteiger partial charge in [0, 0.05) is 17.3 Å². The molecule has 6 nitrogen and oxygen atoms in total. The van der Waals surface area contributed by atoms with Crippen molar-refractivity contribution in [2.45, 2.75) is 0 Å². The van der Waals surface area contributed by atoms with E-state index in [1.807, 2.05) is 77.6 Å². The third-order valence-electron chi connectivity index (χ3n) is 5.24. The molecule has 0 amide bonds. The number of nitriles is 1. The Hall–Kier alpha value is -4.50. The summed E-state index contributed by atoms with van der Waals surface area (Å²) in [6.45, 7) is 0. The van der Waals surface area contributed by atoms with Crippen molar-refractivity contribution in [3.63, 3.8) is 0 Å². The van der Waals surface area contributed by atoms with Gasteiger partial charge >= 0.3 is 0 Å². The van der Waals surface area contributed by atoms with Gasteiger partial charge < -0.3 is 14.2 Å². The van der Waals surface area contributed by atoms with E-state index in [9.17, 15) is 5.26 Å². The van der Waals surface area contributed by atoms with E-state index in [-0.39, 0.29) is 0 Å². The molecule has 0 bridgehead atoms. The molecule has 3 aromatic carbocycles. The molecule has 0 unspecified atom stereocenters. The minimum Gasteiger partial charge on any atom is -0.497 e. The van der Waals surface area contributed by atoms with Gasteiger partial charge in [0.25, 0.3) is 0 Å². The van der Waals surface area contributed by atoms with Crippen molar-refractivity contribution in [2.24, 2.45) is 0 Å². The molecule has 0 atom stereocenters.